The molecule has 0 spiro atoms. The average Bonchev–Trinajstić information content (AvgIpc) is 2.90. The Morgan fingerprint density at radius 3 is 2.65 bits per heavy atom. The van der Waals surface area contributed by atoms with E-state index in [0.717, 1.165) is 6.42 Å². The zero-order valence-electron chi connectivity index (χ0n) is 10.9. The number of thioether (sulfide) groups is 1. The fourth-order valence-corrected chi connectivity index (χ4v) is 4.90. The second-order valence-electron chi connectivity index (χ2n) is 4.86. The number of hydrogen-bond acceptors (Lipinski definition) is 2. The molecular formula is C17H14NS2+. The van der Waals surface area contributed by atoms with Crippen LogP contribution in [-0.4, -0.2) is 0 Å². The van der Waals surface area contributed by atoms with E-state index in [1.165, 1.54) is 21.2 Å². The van der Waals surface area contributed by atoms with Crippen molar-refractivity contribution in [1.29, 1.82) is 0 Å². The van der Waals surface area contributed by atoms with E-state index in [-0.39, 0.29) is 0 Å². The van der Waals surface area contributed by atoms with Gasteiger partial charge in [0.2, 0.25) is 10.7 Å². The van der Waals surface area contributed by atoms with E-state index in [1.807, 2.05) is 23.1 Å². The molecule has 2 aromatic carbocycles. The van der Waals surface area contributed by atoms with Crippen LogP contribution in [0.2, 0.25) is 0 Å². The summed E-state index contributed by atoms with van der Waals surface area (Å²) < 4.78 is 2.34. The van der Waals surface area contributed by atoms with Crippen LogP contribution < -0.4 is 4.57 Å². The fraction of sp³-hybridized carbons (Fsp3) is 0.118. The molecule has 1 atom stereocenters. The average molecular weight is 296 g/mol. The summed E-state index contributed by atoms with van der Waals surface area (Å²) in [7, 11) is 0. The van der Waals surface area contributed by atoms with Crippen LogP contribution in [0.1, 0.15) is 15.8 Å². The molecule has 0 saturated heterocycles. The molecule has 1 aromatic heterocycles. The molecule has 2 heterocycles. The fourth-order valence-electron chi connectivity index (χ4n) is 2.63. The molecule has 0 N–H and O–H groups in total. The molecule has 0 unspecified atom stereocenters. The summed E-state index contributed by atoms with van der Waals surface area (Å²) in [5.74, 6) is 0. The molecule has 3 aromatic rings. The third kappa shape index (κ3) is 2.07. The predicted octanol–water partition coefficient (Wildman–Crippen LogP) is 4.41. The van der Waals surface area contributed by atoms with Crippen LogP contribution in [0.3, 0.4) is 0 Å². The lowest BCUT2D eigenvalue weighted by Crippen LogP contribution is -2.31. The Labute approximate surface area is 126 Å². The molecule has 98 valence electrons. The van der Waals surface area contributed by atoms with E-state index < -0.39 is 0 Å². The largest absolute Gasteiger partial charge is 0.244 e. The summed E-state index contributed by atoms with van der Waals surface area (Å²) in [6.45, 7) is 0. The van der Waals surface area contributed by atoms with Gasteiger partial charge in [-0.3, -0.25) is 0 Å². The standard InChI is InChI=1S/C17H14NS2/c1-2-6-13(7-3-1)16-12-17-18(10-11-19-17)14-8-4-5-9-15(14)20-16/h1-11,16H,12H2/q+1/t16-/m1/s1. The van der Waals surface area contributed by atoms with Gasteiger partial charge in [0.25, 0.3) is 0 Å². The third-order valence-electron chi connectivity index (χ3n) is 3.61. The van der Waals surface area contributed by atoms with Crippen LogP contribution in [0, 0.1) is 0 Å². The molecule has 0 saturated carbocycles. The minimum Gasteiger partial charge on any atom is -0.153 e. The van der Waals surface area contributed by atoms with Crippen LogP contribution in [-0.2, 0) is 6.42 Å². The summed E-state index contributed by atoms with van der Waals surface area (Å²) in [5, 5.41) is 4.10. The van der Waals surface area contributed by atoms with Gasteiger partial charge in [0.05, 0.1) is 16.7 Å². The van der Waals surface area contributed by atoms with Crippen LogP contribution in [0.25, 0.3) is 5.69 Å². The maximum Gasteiger partial charge on any atom is 0.244 e. The van der Waals surface area contributed by atoms with Crippen LogP contribution in [0.5, 0.6) is 0 Å². The lowest BCUT2D eigenvalue weighted by Gasteiger charge is -2.12. The molecular weight excluding hydrogens is 282 g/mol. The number of benzene rings is 2. The Bertz CT molecular complexity index is 734. The minimum absolute atomic E-state index is 0.491. The Morgan fingerprint density at radius 2 is 1.75 bits per heavy atom. The summed E-state index contributed by atoms with van der Waals surface area (Å²) in [5.41, 5.74) is 2.72. The molecule has 0 fully saturated rings. The highest BCUT2D eigenvalue weighted by Gasteiger charge is 2.29. The Balaban J connectivity index is 1.85. The van der Waals surface area contributed by atoms with Gasteiger partial charge in [0, 0.05) is 11.3 Å². The zero-order valence-corrected chi connectivity index (χ0v) is 12.5. The molecule has 0 amide bonds. The topological polar surface area (TPSA) is 3.88 Å². The van der Waals surface area contributed by atoms with Gasteiger partial charge >= 0.3 is 0 Å². The zero-order chi connectivity index (χ0) is 13.4. The third-order valence-corrected chi connectivity index (χ3v) is 5.82. The van der Waals surface area contributed by atoms with Crippen LogP contribution in [0.15, 0.2) is 71.1 Å². The van der Waals surface area contributed by atoms with Gasteiger partial charge in [-0.1, -0.05) is 53.8 Å². The van der Waals surface area contributed by atoms with Crippen molar-refractivity contribution in [1.82, 2.24) is 0 Å². The van der Waals surface area contributed by atoms with Crippen LogP contribution in [0.4, 0.5) is 0 Å². The first kappa shape index (κ1) is 12.2. The molecule has 1 aliphatic heterocycles. The summed E-state index contributed by atoms with van der Waals surface area (Å²) in [6.07, 6.45) is 3.27. The number of para-hydroxylation sites is 1. The molecule has 0 radical (unpaired) electrons. The lowest BCUT2D eigenvalue weighted by molar-refractivity contribution is -0.600. The first-order valence-corrected chi connectivity index (χ1v) is 8.47. The van der Waals surface area contributed by atoms with Gasteiger partial charge in [0.1, 0.15) is 0 Å². The highest BCUT2D eigenvalue weighted by molar-refractivity contribution is 7.99. The van der Waals surface area contributed by atoms with E-state index >= 15 is 0 Å². The van der Waals surface area contributed by atoms with Crippen molar-refractivity contribution in [2.24, 2.45) is 0 Å². The smallest absolute Gasteiger partial charge is 0.153 e. The molecule has 1 nitrogen and oxygen atoms in total. The Hall–Kier alpha value is -1.58. The number of rotatable bonds is 1. The predicted molar refractivity (Wildman–Crippen MR) is 84.6 cm³/mol. The Morgan fingerprint density at radius 1 is 0.950 bits per heavy atom. The lowest BCUT2D eigenvalue weighted by atomic mass is 10.1. The quantitative estimate of drug-likeness (QED) is 0.601. The summed E-state index contributed by atoms with van der Waals surface area (Å²) in [4.78, 5) is 1.36. The van der Waals surface area contributed by atoms with Crippen LogP contribution >= 0.6 is 23.1 Å². The van der Waals surface area contributed by atoms with E-state index in [2.05, 4.69) is 70.7 Å². The molecule has 4 rings (SSSR count). The van der Waals surface area contributed by atoms with Crippen molar-refractivity contribution in [2.45, 2.75) is 16.6 Å². The summed E-state index contributed by atoms with van der Waals surface area (Å²) >= 11 is 3.83. The number of nitrogens with zero attached hydrogens (tertiary/aromatic N) is 1. The van der Waals surface area contributed by atoms with Crippen molar-refractivity contribution < 1.29 is 4.57 Å². The maximum atomic E-state index is 2.34. The van der Waals surface area contributed by atoms with Gasteiger partial charge in [-0.2, -0.15) is 4.57 Å². The van der Waals surface area contributed by atoms with E-state index in [1.54, 1.807) is 0 Å². The molecule has 1 aliphatic rings. The normalized spacial score (nSPS) is 17.1. The first-order valence-electron chi connectivity index (χ1n) is 6.71. The number of thiazole rings is 1. The van der Waals surface area contributed by atoms with Crippen molar-refractivity contribution in [2.75, 3.05) is 0 Å². The van der Waals surface area contributed by atoms with Gasteiger partial charge in [-0.25, -0.2) is 0 Å². The number of fused-ring (bicyclic) bond motifs is 3. The van der Waals surface area contributed by atoms with Crippen molar-refractivity contribution in [3.05, 3.63) is 76.7 Å². The van der Waals surface area contributed by atoms with Crippen molar-refractivity contribution in [3.63, 3.8) is 0 Å². The second-order valence-corrected chi connectivity index (χ2v) is 7.08. The van der Waals surface area contributed by atoms with E-state index in [4.69, 9.17) is 0 Å². The monoisotopic (exact) mass is 296 g/mol. The SMILES string of the molecule is c1ccc([C@H]2Cc3scc[n+]3-c3ccccc3S2)cc1. The Kier molecular flexibility index (Phi) is 3.09. The second kappa shape index (κ2) is 5.08. The minimum atomic E-state index is 0.491. The summed E-state index contributed by atoms with van der Waals surface area (Å²) in [6, 6.07) is 19.5. The van der Waals surface area contributed by atoms with E-state index in [9.17, 15) is 0 Å². The maximum absolute atomic E-state index is 2.34. The van der Waals surface area contributed by atoms with Gasteiger partial charge in [-0.05, 0) is 11.6 Å². The molecule has 3 heteroatoms. The number of aromatic nitrogens is 1. The van der Waals surface area contributed by atoms with E-state index in [0.29, 0.717) is 5.25 Å². The molecule has 20 heavy (non-hydrogen) atoms. The highest BCUT2D eigenvalue weighted by atomic mass is 32.2. The van der Waals surface area contributed by atoms with Gasteiger partial charge < -0.3 is 0 Å². The van der Waals surface area contributed by atoms with Crippen molar-refractivity contribution in [3.8, 4) is 5.69 Å². The first-order chi connectivity index (χ1) is 9.92. The van der Waals surface area contributed by atoms with Gasteiger partial charge in [-0.15, -0.1) is 11.8 Å². The van der Waals surface area contributed by atoms with Crippen molar-refractivity contribution >= 4 is 23.1 Å². The van der Waals surface area contributed by atoms with Gasteiger partial charge in [0.15, 0.2) is 6.20 Å². The molecule has 0 bridgehead atoms. The molecule has 0 aliphatic carbocycles. The highest BCUT2D eigenvalue weighted by Crippen LogP contribution is 2.41. The number of hydrogen-bond donors (Lipinski definition) is 0.